The lowest BCUT2D eigenvalue weighted by Crippen LogP contribution is -2.59. The lowest BCUT2D eigenvalue weighted by molar-refractivity contribution is -0.106. The van der Waals surface area contributed by atoms with Crippen LogP contribution in [0.5, 0.6) is 0 Å². The Balaban J connectivity index is 3.12. The zero-order valence-corrected chi connectivity index (χ0v) is 15.5. The quantitative estimate of drug-likeness (QED) is 0.730. The van der Waals surface area contributed by atoms with E-state index in [1.54, 1.807) is 0 Å². The maximum absolute atomic E-state index is 6.34. The largest absolute Gasteiger partial charge is 0.377 e. The molecule has 1 fully saturated rings. The zero-order chi connectivity index (χ0) is 16.3. The SMILES string of the molecule is CCCNC(C1CC(C)(C)OC1(C)C)C(CC)(CC)OC. The Morgan fingerprint density at radius 2 is 1.76 bits per heavy atom. The second-order valence-corrected chi connectivity index (χ2v) is 7.68. The van der Waals surface area contributed by atoms with Crippen molar-refractivity contribution in [2.75, 3.05) is 13.7 Å². The molecule has 1 aliphatic heterocycles. The normalized spacial score (nSPS) is 26.0. The van der Waals surface area contributed by atoms with Crippen LogP contribution in [0.1, 0.15) is 74.1 Å². The molecule has 0 amide bonds. The molecule has 21 heavy (non-hydrogen) atoms. The van der Waals surface area contributed by atoms with Crippen LogP contribution in [0.3, 0.4) is 0 Å². The Bertz CT molecular complexity index is 313. The summed E-state index contributed by atoms with van der Waals surface area (Å²) < 4.78 is 12.4. The number of hydrogen-bond donors (Lipinski definition) is 1. The lowest BCUT2D eigenvalue weighted by atomic mass is 9.72. The fourth-order valence-electron chi connectivity index (χ4n) is 4.22. The van der Waals surface area contributed by atoms with Crippen molar-refractivity contribution in [3.8, 4) is 0 Å². The van der Waals surface area contributed by atoms with Crippen molar-refractivity contribution in [1.82, 2.24) is 5.32 Å². The summed E-state index contributed by atoms with van der Waals surface area (Å²) in [6.07, 6.45) is 4.26. The summed E-state index contributed by atoms with van der Waals surface area (Å²) in [6.45, 7) is 16.6. The minimum absolute atomic E-state index is 0.0543. The monoisotopic (exact) mass is 299 g/mol. The van der Waals surface area contributed by atoms with E-state index in [4.69, 9.17) is 9.47 Å². The molecule has 0 bridgehead atoms. The maximum atomic E-state index is 6.34. The summed E-state index contributed by atoms with van der Waals surface area (Å²) in [7, 11) is 1.86. The predicted octanol–water partition coefficient (Wildman–Crippen LogP) is 4.15. The highest BCUT2D eigenvalue weighted by Crippen LogP contribution is 2.47. The van der Waals surface area contributed by atoms with Gasteiger partial charge in [-0.1, -0.05) is 20.8 Å². The second kappa shape index (κ2) is 6.97. The molecule has 126 valence electrons. The van der Waals surface area contributed by atoms with E-state index in [9.17, 15) is 0 Å². The summed E-state index contributed by atoms with van der Waals surface area (Å²) in [4.78, 5) is 0. The van der Waals surface area contributed by atoms with Crippen LogP contribution in [0.25, 0.3) is 0 Å². The molecule has 0 aromatic heterocycles. The highest BCUT2D eigenvalue weighted by Gasteiger charge is 2.53. The van der Waals surface area contributed by atoms with E-state index in [2.05, 4.69) is 53.8 Å². The van der Waals surface area contributed by atoms with E-state index in [-0.39, 0.29) is 16.8 Å². The Hall–Kier alpha value is -0.120. The number of nitrogens with one attached hydrogen (secondary N) is 1. The van der Waals surface area contributed by atoms with Gasteiger partial charge < -0.3 is 14.8 Å². The van der Waals surface area contributed by atoms with Gasteiger partial charge >= 0.3 is 0 Å². The maximum Gasteiger partial charge on any atom is 0.0829 e. The summed E-state index contributed by atoms with van der Waals surface area (Å²) in [5.41, 5.74) is -0.287. The standard InChI is InChI=1S/C18H37NO2/c1-9-12-19-15(18(10-2,11-3)20-8)14-13-16(4,5)21-17(14,6)7/h14-15,19H,9-13H2,1-8H3. The first kappa shape index (κ1) is 18.9. The van der Waals surface area contributed by atoms with E-state index in [0.29, 0.717) is 12.0 Å². The Kier molecular flexibility index (Phi) is 6.28. The van der Waals surface area contributed by atoms with Crippen LogP contribution in [0, 0.1) is 5.92 Å². The van der Waals surface area contributed by atoms with Crippen LogP contribution in [-0.2, 0) is 9.47 Å². The number of hydrogen-bond acceptors (Lipinski definition) is 3. The molecule has 1 aliphatic rings. The molecule has 2 unspecified atom stereocenters. The van der Waals surface area contributed by atoms with Gasteiger partial charge in [0.2, 0.25) is 0 Å². The molecule has 2 atom stereocenters. The summed E-state index contributed by atoms with van der Waals surface area (Å²) in [6, 6.07) is 0.328. The van der Waals surface area contributed by atoms with Crippen molar-refractivity contribution < 1.29 is 9.47 Å². The van der Waals surface area contributed by atoms with Gasteiger partial charge in [-0.05, 0) is 59.9 Å². The average Bonchev–Trinajstić information content (AvgIpc) is 2.63. The van der Waals surface area contributed by atoms with Crippen molar-refractivity contribution in [1.29, 1.82) is 0 Å². The fraction of sp³-hybridized carbons (Fsp3) is 1.00. The molecule has 1 saturated heterocycles. The molecular weight excluding hydrogens is 262 g/mol. The van der Waals surface area contributed by atoms with Gasteiger partial charge in [-0.3, -0.25) is 0 Å². The van der Waals surface area contributed by atoms with Crippen LogP contribution in [0.15, 0.2) is 0 Å². The van der Waals surface area contributed by atoms with Gasteiger partial charge in [0.05, 0.1) is 16.8 Å². The molecule has 0 aromatic rings. The second-order valence-electron chi connectivity index (χ2n) is 7.68. The lowest BCUT2D eigenvalue weighted by Gasteiger charge is -2.45. The van der Waals surface area contributed by atoms with Crippen LogP contribution in [0.4, 0.5) is 0 Å². The third kappa shape index (κ3) is 4.00. The molecule has 0 aromatic carbocycles. The van der Waals surface area contributed by atoms with Gasteiger partial charge in [0.25, 0.3) is 0 Å². The van der Waals surface area contributed by atoms with Crippen LogP contribution < -0.4 is 5.32 Å². The van der Waals surface area contributed by atoms with Crippen molar-refractivity contribution >= 4 is 0 Å². The Labute approximate surface area is 132 Å². The van der Waals surface area contributed by atoms with E-state index in [1.807, 2.05) is 7.11 Å². The van der Waals surface area contributed by atoms with Crippen molar-refractivity contribution in [2.45, 2.75) is 97.0 Å². The third-order valence-electron chi connectivity index (χ3n) is 5.33. The smallest absolute Gasteiger partial charge is 0.0829 e. The van der Waals surface area contributed by atoms with Gasteiger partial charge in [-0.15, -0.1) is 0 Å². The molecule has 3 nitrogen and oxygen atoms in total. The van der Waals surface area contributed by atoms with E-state index in [0.717, 1.165) is 32.2 Å². The first-order valence-corrected chi connectivity index (χ1v) is 8.66. The van der Waals surface area contributed by atoms with Gasteiger partial charge in [-0.25, -0.2) is 0 Å². The molecule has 1 heterocycles. The number of methoxy groups -OCH3 is 1. The molecule has 0 radical (unpaired) electrons. The fourth-order valence-corrected chi connectivity index (χ4v) is 4.22. The van der Waals surface area contributed by atoms with Gasteiger partial charge in [0.1, 0.15) is 0 Å². The van der Waals surface area contributed by atoms with Crippen LogP contribution in [0.2, 0.25) is 0 Å². The minimum Gasteiger partial charge on any atom is -0.377 e. The highest BCUT2D eigenvalue weighted by molar-refractivity contribution is 5.06. The predicted molar refractivity (Wildman–Crippen MR) is 89.8 cm³/mol. The van der Waals surface area contributed by atoms with Gasteiger partial charge in [0.15, 0.2) is 0 Å². The van der Waals surface area contributed by atoms with Crippen molar-refractivity contribution in [2.24, 2.45) is 5.92 Å². The van der Waals surface area contributed by atoms with Gasteiger partial charge in [-0.2, -0.15) is 0 Å². The van der Waals surface area contributed by atoms with Crippen LogP contribution >= 0.6 is 0 Å². The van der Waals surface area contributed by atoms with Crippen molar-refractivity contribution in [3.63, 3.8) is 0 Å². The number of ether oxygens (including phenoxy) is 2. The topological polar surface area (TPSA) is 30.5 Å². The summed E-state index contributed by atoms with van der Waals surface area (Å²) in [5, 5.41) is 3.79. The first-order chi connectivity index (χ1) is 9.68. The third-order valence-corrected chi connectivity index (χ3v) is 5.33. The molecule has 0 spiro atoms. The van der Waals surface area contributed by atoms with E-state index in [1.165, 1.54) is 0 Å². The Morgan fingerprint density at radius 1 is 1.19 bits per heavy atom. The highest BCUT2D eigenvalue weighted by atomic mass is 16.5. The molecule has 0 saturated carbocycles. The van der Waals surface area contributed by atoms with Gasteiger partial charge in [0, 0.05) is 19.1 Å². The molecule has 3 heteroatoms. The summed E-state index contributed by atoms with van der Waals surface area (Å²) in [5.74, 6) is 0.457. The first-order valence-electron chi connectivity index (χ1n) is 8.66. The Morgan fingerprint density at radius 3 is 2.10 bits per heavy atom. The molecular formula is C18H37NO2. The minimum atomic E-state index is -0.122. The van der Waals surface area contributed by atoms with Crippen molar-refractivity contribution in [3.05, 3.63) is 0 Å². The molecule has 1 rings (SSSR count). The summed E-state index contributed by atoms with van der Waals surface area (Å²) >= 11 is 0. The van der Waals surface area contributed by atoms with E-state index < -0.39 is 0 Å². The van der Waals surface area contributed by atoms with E-state index >= 15 is 0 Å². The zero-order valence-electron chi connectivity index (χ0n) is 15.5. The molecule has 1 N–H and O–H groups in total. The number of rotatable bonds is 8. The molecule has 0 aliphatic carbocycles. The average molecular weight is 299 g/mol. The van der Waals surface area contributed by atoms with Crippen LogP contribution in [-0.4, -0.2) is 36.5 Å².